The first-order valence-corrected chi connectivity index (χ1v) is 9.61. The van der Waals surface area contributed by atoms with Crippen LogP contribution in [0, 0.1) is 17.2 Å². The van der Waals surface area contributed by atoms with Crippen LogP contribution in [0.3, 0.4) is 0 Å². The van der Waals surface area contributed by atoms with E-state index in [1.54, 1.807) is 6.07 Å². The minimum Gasteiger partial charge on any atom is -0.399 e. The smallest absolute Gasteiger partial charge is 0.399 e. The van der Waals surface area contributed by atoms with Crippen LogP contribution in [0.4, 0.5) is 13.2 Å². The van der Waals surface area contributed by atoms with Crippen molar-refractivity contribution in [3.63, 3.8) is 0 Å². The van der Waals surface area contributed by atoms with Crippen molar-refractivity contribution >= 4 is 18.5 Å². The summed E-state index contributed by atoms with van der Waals surface area (Å²) in [4.78, 5) is 14.5. The molecule has 0 N–H and O–H groups in total. The molecule has 5 nitrogen and oxygen atoms in total. The Morgan fingerprint density at radius 2 is 1.72 bits per heavy atom. The van der Waals surface area contributed by atoms with Crippen LogP contribution in [0.25, 0.3) is 0 Å². The minimum absolute atomic E-state index is 0.0336. The van der Waals surface area contributed by atoms with Crippen LogP contribution in [-0.2, 0) is 9.31 Å². The molecule has 3 rings (SSSR count). The molecule has 29 heavy (non-hydrogen) atoms. The Morgan fingerprint density at radius 1 is 1.17 bits per heavy atom. The van der Waals surface area contributed by atoms with Crippen molar-refractivity contribution in [2.45, 2.75) is 57.9 Å². The summed E-state index contributed by atoms with van der Waals surface area (Å²) in [6.45, 7) is 7.59. The quantitative estimate of drug-likeness (QED) is 0.705. The molecule has 0 saturated carbocycles. The average molecular weight is 408 g/mol. The number of rotatable bonds is 2. The summed E-state index contributed by atoms with van der Waals surface area (Å²) in [5.41, 5.74) is -0.210. The zero-order valence-corrected chi connectivity index (χ0v) is 17.0. The summed E-state index contributed by atoms with van der Waals surface area (Å²) in [7, 11) is -0.847. The zero-order valence-electron chi connectivity index (χ0n) is 17.0. The number of benzene rings is 1. The molecule has 9 heteroatoms. The normalized spacial score (nSPS) is 21.9. The molecular weight excluding hydrogens is 384 g/mol. The number of halogens is 3. The third-order valence-electron chi connectivity index (χ3n) is 6.16. The summed E-state index contributed by atoms with van der Waals surface area (Å²) in [6, 6.07) is 6.64. The van der Waals surface area contributed by atoms with E-state index >= 15 is 0 Å². The van der Waals surface area contributed by atoms with Crippen LogP contribution in [0.2, 0.25) is 0 Å². The van der Waals surface area contributed by atoms with E-state index in [0.717, 1.165) is 0 Å². The minimum atomic E-state index is -4.24. The van der Waals surface area contributed by atoms with Crippen LogP contribution < -0.4 is 5.46 Å². The molecule has 1 aromatic rings. The molecule has 1 aromatic carbocycles. The monoisotopic (exact) mass is 408 g/mol. The number of likely N-dealkylation sites (tertiary alicyclic amines) is 1. The molecule has 0 spiro atoms. The second kappa shape index (κ2) is 7.33. The number of carbonyl (C=O) groups is 1. The molecule has 1 amide bonds. The van der Waals surface area contributed by atoms with E-state index in [-0.39, 0.29) is 37.4 Å². The fraction of sp³-hybridized carbons (Fsp3) is 0.600. The number of hydrogen-bond acceptors (Lipinski definition) is 4. The van der Waals surface area contributed by atoms with Crippen LogP contribution in [0.5, 0.6) is 0 Å². The van der Waals surface area contributed by atoms with E-state index in [1.807, 2.05) is 33.8 Å². The van der Waals surface area contributed by atoms with Gasteiger partial charge in [0.15, 0.2) is 0 Å². The second-order valence-electron chi connectivity index (χ2n) is 8.61. The van der Waals surface area contributed by atoms with Gasteiger partial charge in [0.25, 0.3) is 5.91 Å². The van der Waals surface area contributed by atoms with Gasteiger partial charge in [-0.3, -0.25) is 4.79 Å². The number of piperidine rings is 1. The van der Waals surface area contributed by atoms with Gasteiger partial charge in [-0.1, -0.05) is 0 Å². The summed E-state index contributed by atoms with van der Waals surface area (Å²) in [5, 5.41) is 9.26. The molecule has 0 aromatic heterocycles. The maximum Gasteiger partial charge on any atom is 0.495 e. The second-order valence-corrected chi connectivity index (χ2v) is 8.61. The summed E-state index contributed by atoms with van der Waals surface area (Å²) < 4.78 is 50.8. The number of nitrogens with zero attached hydrogens (tertiary/aromatic N) is 2. The average Bonchev–Trinajstić information content (AvgIpc) is 2.87. The maximum absolute atomic E-state index is 13.1. The van der Waals surface area contributed by atoms with Crippen molar-refractivity contribution in [1.29, 1.82) is 5.26 Å². The molecule has 2 heterocycles. The Hall–Kier alpha value is -2.05. The van der Waals surface area contributed by atoms with Gasteiger partial charge in [-0.25, -0.2) is 0 Å². The van der Waals surface area contributed by atoms with Crippen molar-refractivity contribution in [3.05, 3.63) is 29.3 Å². The Labute approximate surface area is 168 Å². The largest absolute Gasteiger partial charge is 0.495 e. The fourth-order valence-corrected chi connectivity index (χ4v) is 3.57. The Kier molecular flexibility index (Phi) is 5.48. The van der Waals surface area contributed by atoms with Gasteiger partial charge in [0.05, 0.1) is 28.8 Å². The van der Waals surface area contributed by atoms with Crippen molar-refractivity contribution < 1.29 is 27.3 Å². The number of amides is 1. The van der Waals surface area contributed by atoms with Crippen LogP contribution in [-0.4, -0.2) is 48.4 Å². The SMILES string of the molecule is CC1(C)OB(c2cc(C#N)ccc2C(=O)N2CCC(C(F)(F)F)CC2)OC1(C)C. The van der Waals surface area contributed by atoms with E-state index in [2.05, 4.69) is 0 Å². The van der Waals surface area contributed by atoms with Gasteiger partial charge in [-0.2, -0.15) is 18.4 Å². The standard InChI is InChI=1S/C20H24BF3N2O3/c1-18(2)19(3,4)29-21(28-18)16-11-13(12-25)5-6-15(16)17(27)26-9-7-14(8-10-26)20(22,23)24/h5-6,11,14H,7-10H2,1-4H3. The predicted octanol–water partition coefficient (Wildman–Crippen LogP) is 3.27. The van der Waals surface area contributed by atoms with Crippen molar-refractivity contribution in [2.75, 3.05) is 13.1 Å². The number of nitriles is 1. The molecule has 0 unspecified atom stereocenters. The molecule has 2 saturated heterocycles. The van der Waals surface area contributed by atoms with Crippen LogP contribution in [0.1, 0.15) is 56.5 Å². The lowest BCUT2D eigenvalue weighted by Gasteiger charge is -2.33. The molecule has 156 valence electrons. The summed E-state index contributed by atoms with van der Waals surface area (Å²) in [6.07, 6.45) is -4.47. The fourth-order valence-electron chi connectivity index (χ4n) is 3.57. The Balaban J connectivity index is 1.87. The van der Waals surface area contributed by atoms with Crippen molar-refractivity contribution in [1.82, 2.24) is 4.90 Å². The topological polar surface area (TPSA) is 62.6 Å². The van der Waals surface area contributed by atoms with Gasteiger partial charge >= 0.3 is 13.3 Å². The highest BCUT2D eigenvalue weighted by Crippen LogP contribution is 2.37. The highest BCUT2D eigenvalue weighted by molar-refractivity contribution is 6.63. The van der Waals surface area contributed by atoms with Crippen LogP contribution >= 0.6 is 0 Å². The molecule has 0 aliphatic carbocycles. The van der Waals surface area contributed by atoms with E-state index < -0.39 is 30.4 Å². The first kappa shape index (κ1) is 21.7. The number of hydrogen-bond donors (Lipinski definition) is 0. The van der Waals surface area contributed by atoms with Crippen LogP contribution in [0.15, 0.2) is 18.2 Å². The van der Waals surface area contributed by atoms with E-state index in [9.17, 15) is 23.2 Å². The number of alkyl halides is 3. The predicted molar refractivity (Wildman–Crippen MR) is 102 cm³/mol. The van der Waals surface area contributed by atoms with E-state index in [4.69, 9.17) is 9.31 Å². The zero-order chi connectivity index (χ0) is 21.6. The summed E-state index contributed by atoms with van der Waals surface area (Å²) in [5.74, 6) is -1.75. The van der Waals surface area contributed by atoms with E-state index in [1.165, 1.54) is 17.0 Å². The molecule has 2 aliphatic heterocycles. The van der Waals surface area contributed by atoms with E-state index in [0.29, 0.717) is 11.0 Å². The van der Waals surface area contributed by atoms with Gasteiger partial charge in [0.2, 0.25) is 0 Å². The first-order valence-electron chi connectivity index (χ1n) is 9.61. The highest BCUT2D eigenvalue weighted by atomic mass is 19.4. The first-order chi connectivity index (χ1) is 13.4. The lowest BCUT2D eigenvalue weighted by Crippen LogP contribution is -2.46. The molecular formula is C20H24BF3N2O3. The van der Waals surface area contributed by atoms with Gasteiger partial charge in [-0.15, -0.1) is 0 Å². The maximum atomic E-state index is 13.1. The van der Waals surface area contributed by atoms with Crippen molar-refractivity contribution in [2.24, 2.45) is 5.92 Å². The van der Waals surface area contributed by atoms with Crippen molar-refractivity contribution in [3.8, 4) is 6.07 Å². The number of carbonyl (C=O) groups excluding carboxylic acids is 1. The van der Waals surface area contributed by atoms with Gasteiger partial charge in [0.1, 0.15) is 0 Å². The molecule has 2 fully saturated rings. The van der Waals surface area contributed by atoms with Gasteiger partial charge in [0, 0.05) is 18.7 Å². The van der Waals surface area contributed by atoms with Gasteiger partial charge < -0.3 is 14.2 Å². The Bertz CT molecular complexity index is 824. The molecule has 0 bridgehead atoms. The molecule has 2 aliphatic rings. The third-order valence-corrected chi connectivity index (χ3v) is 6.16. The molecule has 0 atom stereocenters. The third kappa shape index (κ3) is 4.14. The highest BCUT2D eigenvalue weighted by Gasteiger charge is 2.52. The Morgan fingerprint density at radius 3 is 2.21 bits per heavy atom. The summed E-state index contributed by atoms with van der Waals surface area (Å²) >= 11 is 0. The molecule has 0 radical (unpaired) electrons. The lowest BCUT2D eigenvalue weighted by atomic mass is 9.74. The lowest BCUT2D eigenvalue weighted by molar-refractivity contribution is -0.183. The van der Waals surface area contributed by atoms with Gasteiger partial charge in [-0.05, 0) is 64.2 Å².